The summed E-state index contributed by atoms with van der Waals surface area (Å²) in [4.78, 5) is 18.0. The van der Waals surface area contributed by atoms with Crippen molar-refractivity contribution in [3.8, 4) is 6.07 Å². The summed E-state index contributed by atoms with van der Waals surface area (Å²) < 4.78 is 0. The second-order valence-electron chi connectivity index (χ2n) is 6.09. The topological polar surface area (TPSA) is 47.3 Å². The zero-order valence-corrected chi connectivity index (χ0v) is 15.0. The van der Waals surface area contributed by atoms with Gasteiger partial charge in [-0.25, -0.2) is 0 Å². The van der Waals surface area contributed by atoms with Crippen molar-refractivity contribution < 1.29 is 4.79 Å². The summed E-state index contributed by atoms with van der Waals surface area (Å²) in [6.07, 6.45) is 0.992. The van der Waals surface area contributed by atoms with Gasteiger partial charge in [-0.05, 0) is 32.0 Å². The van der Waals surface area contributed by atoms with Gasteiger partial charge < -0.3 is 4.90 Å². The van der Waals surface area contributed by atoms with Crippen LogP contribution in [0.4, 0.5) is 5.69 Å². The number of para-hydroxylation sites is 1. The minimum absolute atomic E-state index is 0.0604. The fourth-order valence-electron chi connectivity index (χ4n) is 2.76. The molecule has 1 aromatic carbocycles. The molecule has 124 valence electrons. The molecule has 1 amide bonds. The Morgan fingerprint density at radius 2 is 2.26 bits per heavy atom. The third-order valence-corrected chi connectivity index (χ3v) is 5.34. The largest absolute Gasteiger partial charge is 0.310 e. The molecule has 0 saturated carbocycles. The van der Waals surface area contributed by atoms with Gasteiger partial charge in [0.1, 0.15) is 0 Å². The fraction of sp³-hybridized carbons (Fsp3) is 0.556. The first-order valence-corrected chi connectivity index (χ1v) is 9.11. The maximum Gasteiger partial charge on any atom is 0.241 e. The summed E-state index contributed by atoms with van der Waals surface area (Å²) in [6, 6.07) is 10.4. The average Bonchev–Trinajstić information content (AvgIpc) is 2.72. The Balaban J connectivity index is 2.14. The van der Waals surface area contributed by atoms with E-state index in [0.717, 1.165) is 25.2 Å². The number of fused-ring (bicyclic) bond motifs is 1. The average molecular weight is 331 g/mol. The molecule has 5 heteroatoms. The van der Waals surface area contributed by atoms with Gasteiger partial charge in [0.25, 0.3) is 0 Å². The SMILES string of the molecule is CCN(CC(=O)N1CCC(C)Sc2ccccc21)CC(C)C#N. The molecule has 0 aromatic heterocycles. The second-order valence-corrected chi connectivity index (χ2v) is 7.57. The Bertz CT molecular complexity index is 584. The lowest BCUT2D eigenvalue weighted by Crippen LogP contribution is -2.42. The zero-order valence-electron chi connectivity index (χ0n) is 14.2. The molecule has 2 rings (SSSR count). The van der Waals surface area contributed by atoms with Crippen LogP contribution in [-0.2, 0) is 4.79 Å². The number of anilines is 1. The molecule has 23 heavy (non-hydrogen) atoms. The van der Waals surface area contributed by atoms with Gasteiger partial charge in [0.05, 0.1) is 24.2 Å². The summed E-state index contributed by atoms with van der Waals surface area (Å²) in [5, 5.41) is 9.49. The van der Waals surface area contributed by atoms with Crippen molar-refractivity contribution >= 4 is 23.4 Å². The van der Waals surface area contributed by atoms with E-state index >= 15 is 0 Å². The molecule has 1 aromatic rings. The Hall–Kier alpha value is -1.51. The molecule has 0 radical (unpaired) electrons. The van der Waals surface area contributed by atoms with Crippen LogP contribution in [0.15, 0.2) is 29.2 Å². The Labute approximate surface area is 143 Å². The van der Waals surface area contributed by atoms with Gasteiger partial charge in [0, 0.05) is 23.2 Å². The lowest BCUT2D eigenvalue weighted by Gasteiger charge is -2.27. The monoisotopic (exact) mass is 331 g/mol. The van der Waals surface area contributed by atoms with Gasteiger partial charge >= 0.3 is 0 Å². The molecule has 0 fully saturated rings. The first-order chi connectivity index (χ1) is 11.0. The highest BCUT2D eigenvalue weighted by atomic mass is 32.2. The molecule has 0 aliphatic carbocycles. The zero-order chi connectivity index (χ0) is 16.8. The first kappa shape index (κ1) is 17.8. The number of nitrogens with zero attached hydrogens (tertiary/aromatic N) is 3. The summed E-state index contributed by atoms with van der Waals surface area (Å²) >= 11 is 1.84. The van der Waals surface area contributed by atoms with E-state index in [1.165, 1.54) is 4.90 Å². The molecule has 1 heterocycles. The van der Waals surface area contributed by atoms with Crippen LogP contribution < -0.4 is 4.90 Å². The van der Waals surface area contributed by atoms with Crippen molar-refractivity contribution in [2.24, 2.45) is 5.92 Å². The quantitative estimate of drug-likeness (QED) is 0.830. The number of amides is 1. The van der Waals surface area contributed by atoms with E-state index in [0.29, 0.717) is 18.3 Å². The maximum atomic E-state index is 12.9. The minimum atomic E-state index is -0.0604. The molecule has 4 nitrogen and oxygen atoms in total. The first-order valence-electron chi connectivity index (χ1n) is 8.23. The van der Waals surface area contributed by atoms with Crippen molar-refractivity contribution in [2.45, 2.75) is 37.3 Å². The smallest absolute Gasteiger partial charge is 0.241 e. The predicted molar refractivity (Wildman–Crippen MR) is 95.6 cm³/mol. The highest BCUT2D eigenvalue weighted by Crippen LogP contribution is 2.37. The number of thioether (sulfide) groups is 1. The maximum absolute atomic E-state index is 12.9. The number of carbonyl (C=O) groups is 1. The highest BCUT2D eigenvalue weighted by Gasteiger charge is 2.25. The Morgan fingerprint density at radius 1 is 1.52 bits per heavy atom. The molecule has 0 saturated heterocycles. The van der Waals surface area contributed by atoms with Crippen molar-refractivity contribution in [3.63, 3.8) is 0 Å². The molecular formula is C18H25N3OS. The number of benzene rings is 1. The number of hydrogen-bond acceptors (Lipinski definition) is 4. The standard InChI is InChI=1S/C18H25N3OS/c1-4-20(12-14(2)11-19)13-18(22)21-10-9-15(3)23-17-8-6-5-7-16(17)21/h5-8,14-15H,4,9-10,12-13H2,1-3H3. The van der Waals surface area contributed by atoms with Crippen molar-refractivity contribution in [2.75, 3.05) is 31.1 Å². The van der Waals surface area contributed by atoms with Crippen LogP contribution in [0.5, 0.6) is 0 Å². The second kappa shape index (κ2) is 8.37. The van der Waals surface area contributed by atoms with E-state index in [4.69, 9.17) is 5.26 Å². The van der Waals surface area contributed by atoms with Crippen molar-refractivity contribution in [1.82, 2.24) is 4.90 Å². The summed E-state index contributed by atoms with van der Waals surface area (Å²) in [5.41, 5.74) is 1.02. The van der Waals surface area contributed by atoms with E-state index in [-0.39, 0.29) is 11.8 Å². The van der Waals surface area contributed by atoms with Gasteiger partial charge in [-0.3, -0.25) is 9.69 Å². The highest BCUT2D eigenvalue weighted by molar-refractivity contribution is 8.00. The number of rotatable bonds is 5. The van der Waals surface area contributed by atoms with Crippen LogP contribution in [-0.4, -0.2) is 42.2 Å². The van der Waals surface area contributed by atoms with Crippen molar-refractivity contribution in [3.05, 3.63) is 24.3 Å². The number of likely N-dealkylation sites (N-methyl/N-ethyl adjacent to an activating group) is 1. The van der Waals surface area contributed by atoms with Gasteiger partial charge in [0.15, 0.2) is 0 Å². The number of hydrogen-bond donors (Lipinski definition) is 0. The molecule has 2 atom stereocenters. The van der Waals surface area contributed by atoms with Crippen LogP contribution in [0.3, 0.4) is 0 Å². The molecule has 1 aliphatic rings. The van der Waals surface area contributed by atoms with E-state index in [2.05, 4.69) is 24.0 Å². The molecule has 1 aliphatic heterocycles. The minimum Gasteiger partial charge on any atom is -0.310 e. The molecular weight excluding hydrogens is 306 g/mol. The van der Waals surface area contributed by atoms with E-state index < -0.39 is 0 Å². The molecule has 0 N–H and O–H groups in total. The van der Waals surface area contributed by atoms with E-state index in [1.54, 1.807) is 0 Å². The van der Waals surface area contributed by atoms with Crippen LogP contribution in [0.2, 0.25) is 0 Å². The van der Waals surface area contributed by atoms with Crippen LogP contribution >= 0.6 is 11.8 Å². The predicted octanol–water partition coefficient (Wildman–Crippen LogP) is 3.39. The van der Waals surface area contributed by atoms with Crippen LogP contribution in [0.1, 0.15) is 27.2 Å². The molecule has 0 bridgehead atoms. The van der Waals surface area contributed by atoms with Crippen molar-refractivity contribution in [1.29, 1.82) is 5.26 Å². The lowest BCUT2D eigenvalue weighted by molar-refractivity contribution is -0.119. The lowest BCUT2D eigenvalue weighted by atomic mass is 10.2. The van der Waals surface area contributed by atoms with Gasteiger partial charge in [-0.15, -0.1) is 11.8 Å². The van der Waals surface area contributed by atoms with Crippen LogP contribution in [0.25, 0.3) is 0 Å². The summed E-state index contributed by atoms with van der Waals surface area (Å²) in [7, 11) is 0. The fourth-order valence-corrected chi connectivity index (χ4v) is 3.87. The van der Waals surface area contributed by atoms with Gasteiger partial charge in [-0.2, -0.15) is 5.26 Å². The summed E-state index contributed by atoms with van der Waals surface area (Å²) in [6.45, 7) is 8.68. The number of nitriles is 1. The van der Waals surface area contributed by atoms with Gasteiger partial charge in [0.2, 0.25) is 5.91 Å². The molecule has 0 spiro atoms. The Kier molecular flexibility index (Phi) is 6.49. The van der Waals surface area contributed by atoms with Gasteiger partial charge in [-0.1, -0.05) is 26.0 Å². The molecule has 2 unspecified atom stereocenters. The third kappa shape index (κ3) is 4.73. The normalized spacial score (nSPS) is 18.9. The van der Waals surface area contributed by atoms with E-state index in [1.807, 2.05) is 48.7 Å². The summed E-state index contributed by atoms with van der Waals surface area (Å²) in [5.74, 6) is 0.0638. The third-order valence-electron chi connectivity index (χ3n) is 4.10. The van der Waals surface area contributed by atoms with Crippen LogP contribution in [0, 0.1) is 17.2 Å². The number of carbonyl (C=O) groups excluding carboxylic acids is 1. The Morgan fingerprint density at radius 3 is 2.96 bits per heavy atom. The van der Waals surface area contributed by atoms with E-state index in [9.17, 15) is 4.79 Å².